The second kappa shape index (κ2) is 7.42. The monoisotopic (exact) mass is 355 g/mol. The second-order valence-electron chi connectivity index (χ2n) is 5.44. The van der Waals surface area contributed by atoms with Crippen molar-refractivity contribution in [1.82, 2.24) is 5.32 Å². The molecule has 0 fully saturated rings. The number of hydrogen-bond donors (Lipinski definition) is 2. The van der Waals surface area contributed by atoms with E-state index in [9.17, 15) is 22.8 Å². The number of carbonyl (C=O) groups is 2. The molecule has 1 heterocycles. The van der Waals surface area contributed by atoms with Crippen LogP contribution in [-0.2, 0) is 13.0 Å². The average molecular weight is 355 g/mol. The number of rotatable bonds is 6. The number of nitrogens with one attached hydrogen (secondary N) is 1. The lowest BCUT2D eigenvalue weighted by Gasteiger charge is -2.11. The van der Waals surface area contributed by atoms with Crippen LogP contribution in [0.2, 0.25) is 0 Å². The van der Waals surface area contributed by atoms with Gasteiger partial charge < -0.3 is 14.8 Å². The second-order valence-corrected chi connectivity index (χ2v) is 5.44. The molecule has 0 aliphatic rings. The SMILES string of the molecule is Cc1oc(CNC(=O)c2ccccc2CCC(F)(F)F)cc1C(=O)O. The van der Waals surface area contributed by atoms with Gasteiger partial charge in [-0.3, -0.25) is 4.79 Å². The highest BCUT2D eigenvalue weighted by Gasteiger charge is 2.27. The van der Waals surface area contributed by atoms with Crippen LogP contribution in [0.3, 0.4) is 0 Å². The van der Waals surface area contributed by atoms with Crippen LogP contribution in [0.25, 0.3) is 0 Å². The smallest absolute Gasteiger partial charge is 0.389 e. The van der Waals surface area contributed by atoms with Crippen molar-refractivity contribution >= 4 is 11.9 Å². The van der Waals surface area contributed by atoms with Crippen LogP contribution in [0.1, 0.15) is 44.2 Å². The minimum Gasteiger partial charge on any atom is -0.478 e. The van der Waals surface area contributed by atoms with Crippen molar-refractivity contribution in [3.8, 4) is 0 Å². The molecule has 0 saturated carbocycles. The number of halogens is 3. The van der Waals surface area contributed by atoms with Gasteiger partial charge in [0.05, 0.1) is 6.54 Å². The number of aryl methyl sites for hydroxylation is 2. The Morgan fingerprint density at radius 3 is 2.48 bits per heavy atom. The highest BCUT2D eigenvalue weighted by atomic mass is 19.4. The van der Waals surface area contributed by atoms with Crippen molar-refractivity contribution in [1.29, 1.82) is 0 Å². The number of furan rings is 1. The third-order valence-electron chi connectivity index (χ3n) is 3.56. The van der Waals surface area contributed by atoms with Gasteiger partial charge in [0.1, 0.15) is 17.1 Å². The standard InChI is InChI=1S/C17H16F3NO4/c1-10-14(16(23)24)8-12(25-10)9-21-15(22)13-5-3-2-4-11(13)6-7-17(18,19)20/h2-5,8H,6-7,9H2,1H3,(H,21,22)(H,23,24). The van der Waals surface area contributed by atoms with Crippen molar-refractivity contribution in [2.24, 2.45) is 0 Å². The van der Waals surface area contributed by atoms with Gasteiger partial charge in [-0.15, -0.1) is 0 Å². The third kappa shape index (κ3) is 5.10. The molecular formula is C17H16F3NO4. The van der Waals surface area contributed by atoms with E-state index in [0.29, 0.717) is 5.56 Å². The molecular weight excluding hydrogens is 339 g/mol. The van der Waals surface area contributed by atoms with E-state index < -0.39 is 24.5 Å². The molecule has 0 atom stereocenters. The maximum absolute atomic E-state index is 12.4. The number of aromatic carboxylic acids is 1. The largest absolute Gasteiger partial charge is 0.478 e. The molecule has 0 saturated heterocycles. The quantitative estimate of drug-likeness (QED) is 0.828. The first kappa shape index (κ1) is 18.6. The molecule has 2 N–H and O–H groups in total. The number of amides is 1. The Labute approximate surface area is 141 Å². The van der Waals surface area contributed by atoms with E-state index >= 15 is 0 Å². The van der Waals surface area contributed by atoms with Gasteiger partial charge in [-0.1, -0.05) is 18.2 Å². The summed E-state index contributed by atoms with van der Waals surface area (Å²) >= 11 is 0. The lowest BCUT2D eigenvalue weighted by Crippen LogP contribution is -2.24. The lowest BCUT2D eigenvalue weighted by atomic mass is 10.0. The molecule has 25 heavy (non-hydrogen) atoms. The molecule has 0 radical (unpaired) electrons. The van der Waals surface area contributed by atoms with Crippen LogP contribution in [0, 0.1) is 6.92 Å². The van der Waals surface area contributed by atoms with Crippen LogP contribution in [0.15, 0.2) is 34.7 Å². The van der Waals surface area contributed by atoms with Gasteiger partial charge in [0.2, 0.25) is 0 Å². The topological polar surface area (TPSA) is 79.5 Å². The Morgan fingerprint density at radius 2 is 1.88 bits per heavy atom. The van der Waals surface area contributed by atoms with Crippen LogP contribution in [-0.4, -0.2) is 23.2 Å². The van der Waals surface area contributed by atoms with Crippen molar-refractivity contribution in [3.05, 3.63) is 58.5 Å². The van der Waals surface area contributed by atoms with E-state index in [-0.39, 0.29) is 35.6 Å². The first-order chi connectivity index (χ1) is 11.7. The number of alkyl halides is 3. The first-order valence-corrected chi connectivity index (χ1v) is 7.43. The molecule has 0 aliphatic carbocycles. The molecule has 2 aromatic rings. The van der Waals surface area contributed by atoms with Gasteiger partial charge >= 0.3 is 12.1 Å². The Kier molecular flexibility index (Phi) is 5.51. The molecule has 0 bridgehead atoms. The summed E-state index contributed by atoms with van der Waals surface area (Å²) in [7, 11) is 0. The maximum Gasteiger partial charge on any atom is 0.389 e. The summed E-state index contributed by atoms with van der Waals surface area (Å²) in [6, 6.07) is 7.34. The zero-order valence-corrected chi connectivity index (χ0v) is 13.3. The van der Waals surface area contributed by atoms with Gasteiger partial charge in [-0.2, -0.15) is 13.2 Å². The van der Waals surface area contributed by atoms with Gasteiger partial charge in [0, 0.05) is 12.0 Å². The summed E-state index contributed by atoms with van der Waals surface area (Å²) < 4.78 is 42.4. The van der Waals surface area contributed by atoms with Crippen LogP contribution >= 0.6 is 0 Å². The average Bonchev–Trinajstić information content (AvgIpc) is 2.91. The van der Waals surface area contributed by atoms with Crippen molar-refractivity contribution < 1.29 is 32.3 Å². The zero-order valence-electron chi connectivity index (χ0n) is 13.3. The first-order valence-electron chi connectivity index (χ1n) is 7.43. The molecule has 0 unspecified atom stereocenters. The van der Waals surface area contributed by atoms with Crippen molar-refractivity contribution in [2.45, 2.75) is 32.5 Å². The van der Waals surface area contributed by atoms with E-state index in [1.54, 1.807) is 12.1 Å². The van der Waals surface area contributed by atoms with Gasteiger partial charge in [-0.05, 0) is 31.0 Å². The maximum atomic E-state index is 12.4. The summed E-state index contributed by atoms with van der Waals surface area (Å²) in [6.07, 6.45) is -5.62. The van der Waals surface area contributed by atoms with Crippen LogP contribution in [0.4, 0.5) is 13.2 Å². The molecule has 1 amide bonds. The van der Waals surface area contributed by atoms with Gasteiger partial charge in [0.15, 0.2) is 0 Å². The fourth-order valence-corrected chi connectivity index (χ4v) is 2.34. The van der Waals surface area contributed by atoms with E-state index in [0.717, 1.165) is 0 Å². The molecule has 0 aliphatic heterocycles. The Bertz CT molecular complexity index is 780. The van der Waals surface area contributed by atoms with Crippen molar-refractivity contribution in [3.63, 3.8) is 0 Å². The van der Waals surface area contributed by atoms with E-state index in [4.69, 9.17) is 9.52 Å². The Hall–Kier alpha value is -2.77. The van der Waals surface area contributed by atoms with E-state index in [2.05, 4.69) is 5.32 Å². The number of carboxylic acids is 1. The molecule has 5 nitrogen and oxygen atoms in total. The van der Waals surface area contributed by atoms with Crippen LogP contribution < -0.4 is 5.32 Å². The molecule has 134 valence electrons. The fourth-order valence-electron chi connectivity index (χ4n) is 2.34. The number of hydrogen-bond acceptors (Lipinski definition) is 3. The molecule has 0 spiro atoms. The Morgan fingerprint density at radius 1 is 1.20 bits per heavy atom. The van der Waals surface area contributed by atoms with Gasteiger partial charge in [0.25, 0.3) is 5.91 Å². The highest BCUT2D eigenvalue weighted by molar-refractivity contribution is 5.95. The fraction of sp³-hybridized carbons (Fsp3) is 0.294. The molecule has 2 rings (SSSR count). The third-order valence-corrected chi connectivity index (χ3v) is 3.56. The molecule has 1 aromatic heterocycles. The Balaban J connectivity index is 2.06. The highest BCUT2D eigenvalue weighted by Crippen LogP contribution is 2.23. The minimum atomic E-state index is -4.30. The van der Waals surface area contributed by atoms with Crippen LogP contribution in [0.5, 0.6) is 0 Å². The van der Waals surface area contributed by atoms with Crippen molar-refractivity contribution in [2.75, 3.05) is 0 Å². The lowest BCUT2D eigenvalue weighted by molar-refractivity contribution is -0.134. The zero-order chi connectivity index (χ0) is 18.6. The molecule has 1 aromatic carbocycles. The minimum absolute atomic E-state index is 0.00479. The molecule has 8 heteroatoms. The predicted octanol–water partition coefficient (Wildman–Crippen LogP) is 3.71. The predicted molar refractivity (Wildman–Crippen MR) is 82.4 cm³/mol. The normalized spacial score (nSPS) is 11.4. The van der Waals surface area contributed by atoms with E-state index in [1.165, 1.54) is 25.1 Å². The number of carbonyl (C=O) groups excluding carboxylic acids is 1. The van der Waals surface area contributed by atoms with Gasteiger partial charge in [-0.25, -0.2) is 4.79 Å². The number of benzene rings is 1. The number of carboxylic acid groups (broad SMARTS) is 1. The summed E-state index contributed by atoms with van der Waals surface area (Å²) in [4.78, 5) is 23.2. The summed E-state index contributed by atoms with van der Waals surface area (Å²) in [6.45, 7) is 1.42. The summed E-state index contributed by atoms with van der Waals surface area (Å²) in [5, 5.41) is 11.5. The summed E-state index contributed by atoms with van der Waals surface area (Å²) in [5.74, 6) is -1.24. The summed E-state index contributed by atoms with van der Waals surface area (Å²) in [5.41, 5.74) is 0.433. The van der Waals surface area contributed by atoms with E-state index in [1.807, 2.05) is 0 Å².